The Labute approximate surface area is 78.8 Å². The van der Waals surface area contributed by atoms with Crippen molar-refractivity contribution in [2.75, 3.05) is 0 Å². The second-order valence-corrected chi connectivity index (χ2v) is 3.89. The molecule has 0 aromatic rings. The lowest BCUT2D eigenvalue weighted by Gasteiger charge is -2.03. The monoisotopic (exact) mass is 168 g/mol. The van der Waals surface area contributed by atoms with E-state index in [0.29, 0.717) is 0 Å². The van der Waals surface area contributed by atoms with Crippen molar-refractivity contribution < 1.29 is 0 Å². The van der Waals surface area contributed by atoms with Gasteiger partial charge in [-0.1, -0.05) is 59.3 Å². The number of unbranched alkanes of at least 4 members (excludes halogenated alkanes) is 6. The van der Waals surface area contributed by atoms with E-state index in [-0.39, 0.29) is 0 Å². The normalized spacial score (nSPS) is 11.0. The van der Waals surface area contributed by atoms with E-state index in [1.807, 2.05) is 0 Å². The van der Waals surface area contributed by atoms with E-state index in [2.05, 4.69) is 27.2 Å². The van der Waals surface area contributed by atoms with E-state index < -0.39 is 0 Å². The van der Waals surface area contributed by atoms with Crippen molar-refractivity contribution in [2.45, 2.75) is 58.8 Å². The molecule has 0 nitrogen and oxygen atoms in total. The third-order valence-corrected chi connectivity index (χ3v) is 2.09. The molecule has 0 unspecified atom stereocenters. The van der Waals surface area contributed by atoms with Crippen LogP contribution < -0.4 is 0 Å². The van der Waals surface area contributed by atoms with E-state index in [1.54, 1.807) is 0 Å². The Morgan fingerprint density at radius 2 is 1.58 bits per heavy atom. The maximum absolute atomic E-state index is 3.84. The van der Waals surface area contributed by atoms with Crippen molar-refractivity contribution in [3.63, 3.8) is 0 Å². The summed E-state index contributed by atoms with van der Waals surface area (Å²) in [5, 5.41) is 0. The first-order chi connectivity index (χ1) is 5.77. The molecule has 2 radical (unpaired) electrons. The average molecular weight is 168 g/mol. The molecule has 12 heavy (non-hydrogen) atoms. The van der Waals surface area contributed by atoms with E-state index in [0.717, 1.165) is 12.3 Å². The van der Waals surface area contributed by atoms with Gasteiger partial charge in [-0.2, -0.15) is 0 Å². The molecule has 0 atom stereocenters. The van der Waals surface area contributed by atoms with Gasteiger partial charge in [-0.15, -0.1) is 0 Å². The molecule has 0 heterocycles. The molecular weight excluding hydrogens is 144 g/mol. The highest BCUT2D eigenvalue weighted by molar-refractivity contribution is 4.67. The van der Waals surface area contributed by atoms with Crippen LogP contribution in [0.25, 0.3) is 0 Å². The van der Waals surface area contributed by atoms with Gasteiger partial charge >= 0.3 is 0 Å². The number of hydrogen-bond donors (Lipinski definition) is 0. The summed E-state index contributed by atoms with van der Waals surface area (Å²) in [6.07, 6.45) is 11.7. The van der Waals surface area contributed by atoms with Gasteiger partial charge in [0.2, 0.25) is 0 Å². The molecule has 0 aliphatic heterocycles. The molecule has 72 valence electrons. The SMILES string of the molecule is [CH2]CCCCCCC[CH]C(C)C. The summed E-state index contributed by atoms with van der Waals surface area (Å²) in [4.78, 5) is 0. The third-order valence-electron chi connectivity index (χ3n) is 2.09. The van der Waals surface area contributed by atoms with Crippen LogP contribution in [0, 0.1) is 19.3 Å². The second-order valence-electron chi connectivity index (χ2n) is 3.89. The Morgan fingerprint density at radius 1 is 1.00 bits per heavy atom. The summed E-state index contributed by atoms with van der Waals surface area (Å²) in [6, 6.07) is 0. The van der Waals surface area contributed by atoms with Crippen molar-refractivity contribution >= 4 is 0 Å². The summed E-state index contributed by atoms with van der Waals surface area (Å²) in [6.45, 7) is 8.34. The van der Waals surface area contributed by atoms with Crippen LogP contribution in [-0.4, -0.2) is 0 Å². The molecule has 0 N–H and O–H groups in total. The van der Waals surface area contributed by atoms with E-state index >= 15 is 0 Å². The minimum absolute atomic E-state index is 0.768. The maximum Gasteiger partial charge on any atom is -0.0360 e. The van der Waals surface area contributed by atoms with Crippen molar-refractivity contribution in [3.8, 4) is 0 Å². The molecule has 0 spiro atoms. The lowest BCUT2D eigenvalue weighted by molar-refractivity contribution is 0.592. The summed E-state index contributed by atoms with van der Waals surface area (Å²) in [5.74, 6) is 0.768. The van der Waals surface area contributed by atoms with Gasteiger partial charge in [0.05, 0.1) is 0 Å². The topological polar surface area (TPSA) is 0 Å². The van der Waals surface area contributed by atoms with Gasteiger partial charge in [0.25, 0.3) is 0 Å². The molecule has 0 aromatic heterocycles. The van der Waals surface area contributed by atoms with Crippen LogP contribution in [0.1, 0.15) is 58.8 Å². The molecule has 0 saturated carbocycles. The molecule has 0 saturated heterocycles. The van der Waals surface area contributed by atoms with Crippen molar-refractivity contribution in [1.82, 2.24) is 0 Å². The fourth-order valence-corrected chi connectivity index (χ4v) is 1.30. The van der Waals surface area contributed by atoms with Gasteiger partial charge in [0.15, 0.2) is 0 Å². The zero-order valence-electron chi connectivity index (χ0n) is 8.81. The smallest absolute Gasteiger partial charge is 0.0360 e. The predicted molar refractivity (Wildman–Crippen MR) is 56.8 cm³/mol. The van der Waals surface area contributed by atoms with E-state index in [1.165, 1.54) is 38.5 Å². The van der Waals surface area contributed by atoms with Crippen molar-refractivity contribution in [2.24, 2.45) is 5.92 Å². The quantitative estimate of drug-likeness (QED) is 0.471. The molecule has 0 amide bonds. The van der Waals surface area contributed by atoms with Crippen LogP contribution in [0.5, 0.6) is 0 Å². The van der Waals surface area contributed by atoms with Gasteiger partial charge < -0.3 is 0 Å². The number of rotatable bonds is 8. The first-order valence-corrected chi connectivity index (χ1v) is 5.40. The molecule has 0 aromatic carbocycles. The fraction of sp³-hybridized carbons (Fsp3) is 0.833. The Bertz CT molecular complexity index is 74.1. The Balaban J connectivity index is 2.82. The van der Waals surface area contributed by atoms with Gasteiger partial charge in [-0.05, 0) is 18.8 Å². The van der Waals surface area contributed by atoms with Crippen LogP contribution in [0.2, 0.25) is 0 Å². The van der Waals surface area contributed by atoms with Gasteiger partial charge in [-0.3, -0.25) is 0 Å². The summed E-state index contributed by atoms with van der Waals surface area (Å²) < 4.78 is 0. The van der Waals surface area contributed by atoms with Crippen molar-refractivity contribution in [3.05, 3.63) is 13.3 Å². The highest BCUT2D eigenvalue weighted by Gasteiger charge is 1.94. The van der Waals surface area contributed by atoms with Gasteiger partial charge in [0.1, 0.15) is 0 Å². The number of hydrogen-bond acceptors (Lipinski definition) is 0. The molecule has 0 bridgehead atoms. The van der Waals surface area contributed by atoms with Crippen LogP contribution in [0.15, 0.2) is 0 Å². The second kappa shape index (κ2) is 9.09. The molecule has 0 fully saturated rings. The molecule has 0 heteroatoms. The van der Waals surface area contributed by atoms with Crippen LogP contribution in [0.3, 0.4) is 0 Å². The lowest BCUT2D eigenvalue weighted by Crippen LogP contribution is -1.88. The first kappa shape index (κ1) is 12.0. The highest BCUT2D eigenvalue weighted by atomic mass is 14.0. The molecule has 0 aliphatic rings. The fourth-order valence-electron chi connectivity index (χ4n) is 1.30. The Morgan fingerprint density at radius 3 is 2.17 bits per heavy atom. The molecular formula is C12H24. The van der Waals surface area contributed by atoms with Gasteiger partial charge in [-0.25, -0.2) is 0 Å². The van der Waals surface area contributed by atoms with E-state index in [9.17, 15) is 0 Å². The van der Waals surface area contributed by atoms with Crippen LogP contribution in [-0.2, 0) is 0 Å². The van der Waals surface area contributed by atoms with E-state index in [4.69, 9.17) is 0 Å². The first-order valence-electron chi connectivity index (χ1n) is 5.40. The highest BCUT2D eigenvalue weighted by Crippen LogP contribution is 2.10. The Hall–Kier alpha value is 0. The van der Waals surface area contributed by atoms with Crippen LogP contribution in [0.4, 0.5) is 0 Å². The molecule has 0 aliphatic carbocycles. The maximum atomic E-state index is 3.84. The largest absolute Gasteiger partial charge is 0.0625 e. The minimum Gasteiger partial charge on any atom is -0.0625 e. The zero-order chi connectivity index (χ0) is 9.23. The summed E-state index contributed by atoms with van der Waals surface area (Å²) >= 11 is 0. The lowest BCUT2D eigenvalue weighted by atomic mass is 10.0. The summed E-state index contributed by atoms with van der Waals surface area (Å²) in [7, 11) is 0. The standard InChI is InChI=1S/C12H24/c1-4-5-6-7-8-9-10-11-12(2)3/h11-12H,1,4-10H2,2-3H3. The Kier molecular flexibility index (Phi) is 9.09. The molecule has 0 rings (SSSR count). The average Bonchev–Trinajstić information content (AvgIpc) is 2.02. The predicted octanol–water partition coefficient (Wildman–Crippen LogP) is 4.41. The summed E-state index contributed by atoms with van der Waals surface area (Å²) in [5.41, 5.74) is 0. The van der Waals surface area contributed by atoms with Crippen LogP contribution >= 0.6 is 0 Å². The van der Waals surface area contributed by atoms with Crippen molar-refractivity contribution in [1.29, 1.82) is 0 Å². The minimum atomic E-state index is 0.768. The van der Waals surface area contributed by atoms with Gasteiger partial charge in [0, 0.05) is 0 Å². The third kappa shape index (κ3) is 10.0. The zero-order valence-corrected chi connectivity index (χ0v) is 8.81.